The van der Waals surface area contributed by atoms with Gasteiger partial charge in [0.1, 0.15) is 5.82 Å². The second-order valence-corrected chi connectivity index (χ2v) is 5.45. The zero-order chi connectivity index (χ0) is 14.5. The Kier molecular flexibility index (Phi) is 4.99. The molecule has 1 aliphatic carbocycles. The van der Waals surface area contributed by atoms with Gasteiger partial charge in [0.25, 0.3) is 5.91 Å². The number of hydrogen-bond acceptors (Lipinski definition) is 2. The van der Waals surface area contributed by atoms with Crippen LogP contribution >= 0.6 is 0 Å². The molecule has 1 aliphatic rings. The predicted molar refractivity (Wildman–Crippen MR) is 79.4 cm³/mol. The molecule has 2 N–H and O–H groups in total. The Morgan fingerprint density at radius 3 is 2.85 bits per heavy atom. The lowest BCUT2D eigenvalue weighted by atomic mass is 10.1. The second kappa shape index (κ2) is 6.73. The third-order valence-corrected chi connectivity index (χ3v) is 3.71. The summed E-state index contributed by atoms with van der Waals surface area (Å²) in [5, 5.41) is 6.01. The van der Waals surface area contributed by atoms with Crippen LogP contribution in [-0.2, 0) is 0 Å². The molecule has 0 radical (unpaired) electrons. The summed E-state index contributed by atoms with van der Waals surface area (Å²) in [6.45, 7) is 4.81. The van der Waals surface area contributed by atoms with E-state index in [9.17, 15) is 9.18 Å². The van der Waals surface area contributed by atoms with Gasteiger partial charge in [0, 0.05) is 12.6 Å². The van der Waals surface area contributed by atoms with Gasteiger partial charge in [0.05, 0.1) is 11.3 Å². The lowest BCUT2D eigenvalue weighted by Gasteiger charge is -2.12. The fourth-order valence-electron chi connectivity index (χ4n) is 2.50. The summed E-state index contributed by atoms with van der Waals surface area (Å²) < 4.78 is 13.8. The van der Waals surface area contributed by atoms with Crippen LogP contribution < -0.4 is 10.6 Å². The molecule has 1 fully saturated rings. The third kappa shape index (κ3) is 3.50. The first-order valence-electron chi connectivity index (χ1n) is 7.50. The molecule has 1 aromatic carbocycles. The molecule has 20 heavy (non-hydrogen) atoms. The number of hydrogen-bond donors (Lipinski definition) is 2. The maximum absolute atomic E-state index is 13.8. The van der Waals surface area contributed by atoms with Crippen molar-refractivity contribution in [1.29, 1.82) is 0 Å². The highest BCUT2D eigenvalue weighted by atomic mass is 19.1. The standard InChI is InChI=1S/C16H23FN2O/c1-3-6-11-10-14(11)19-16(20)12-7-5-8-13(17)15(12)18-9-4-2/h5,7-8,11,14,18H,3-4,6,9-10H2,1-2H3,(H,19,20). The lowest BCUT2D eigenvalue weighted by Crippen LogP contribution is -2.28. The molecule has 2 rings (SSSR count). The number of anilines is 1. The Bertz CT molecular complexity index is 476. The van der Waals surface area contributed by atoms with E-state index in [1.54, 1.807) is 12.1 Å². The SMILES string of the molecule is CCCNc1c(F)cccc1C(=O)NC1CC1CCC. The number of carbonyl (C=O) groups excluding carboxylic acids is 1. The van der Waals surface area contributed by atoms with E-state index in [1.165, 1.54) is 6.07 Å². The first kappa shape index (κ1) is 14.8. The zero-order valence-electron chi connectivity index (χ0n) is 12.2. The van der Waals surface area contributed by atoms with Gasteiger partial charge in [-0.15, -0.1) is 0 Å². The van der Waals surface area contributed by atoms with Crippen molar-refractivity contribution >= 4 is 11.6 Å². The van der Waals surface area contributed by atoms with Gasteiger partial charge < -0.3 is 10.6 Å². The van der Waals surface area contributed by atoms with Gasteiger partial charge in [0.2, 0.25) is 0 Å². The number of rotatable bonds is 7. The summed E-state index contributed by atoms with van der Waals surface area (Å²) in [7, 11) is 0. The quantitative estimate of drug-likeness (QED) is 0.800. The summed E-state index contributed by atoms with van der Waals surface area (Å²) in [6, 6.07) is 4.90. The molecule has 4 heteroatoms. The first-order chi connectivity index (χ1) is 9.67. The number of benzene rings is 1. The van der Waals surface area contributed by atoms with E-state index in [-0.39, 0.29) is 17.8 Å². The lowest BCUT2D eigenvalue weighted by molar-refractivity contribution is 0.0949. The van der Waals surface area contributed by atoms with Crippen molar-refractivity contribution in [2.45, 2.75) is 45.6 Å². The minimum atomic E-state index is -0.369. The zero-order valence-corrected chi connectivity index (χ0v) is 12.2. The molecule has 0 bridgehead atoms. The van der Waals surface area contributed by atoms with Gasteiger partial charge in [-0.2, -0.15) is 0 Å². The van der Waals surface area contributed by atoms with Crippen molar-refractivity contribution in [2.75, 3.05) is 11.9 Å². The molecule has 2 unspecified atom stereocenters. The van der Waals surface area contributed by atoms with Gasteiger partial charge in [-0.1, -0.05) is 26.3 Å². The summed E-state index contributed by atoms with van der Waals surface area (Å²) in [5.41, 5.74) is 0.722. The fourth-order valence-corrected chi connectivity index (χ4v) is 2.50. The second-order valence-electron chi connectivity index (χ2n) is 5.45. The molecule has 0 aliphatic heterocycles. The first-order valence-corrected chi connectivity index (χ1v) is 7.50. The molecule has 1 amide bonds. The van der Waals surface area contributed by atoms with E-state index in [1.807, 2.05) is 6.92 Å². The Labute approximate surface area is 120 Å². The van der Waals surface area contributed by atoms with Crippen molar-refractivity contribution in [3.8, 4) is 0 Å². The smallest absolute Gasteiger partial charge is 0.253 e. The minimum Gasteiger partial charge on any atom is -0.382 e. The highest BCUT2D eigenvalue weighted by Gasteiger charge is 2.37. The van der Waals surface area contributed by atoms with E-state index >= 15 is 0 Å². The largest absolute Gasteiger partial charge is 0.382 e. The highest BCUT2D eigenvalue weighted by molar-refractivity contribution is 6.00. The van der Waals surface area contributed by atoms with Gasteiger partial charge in [-0.3, -0.25) is 4.79 Å². The van der Waals surface area contributed by atoms with E-state index in [0.717, 1.165) is 25.7 Å². The van der Waals surface area contributed by atoms with Crippen LogP contribution in [0.3, 0.4) is 0 Å². The average Bonchev–Trinajstić information content (AvgIpc) is 3.15. The van der Waals surface area contributed by atoms with E-state index in [2.05, 4.69) is 17.6 Å². The van der Waals surface area contributed by atoms with Gasteiger partial charge in [0.15, 0.2) is 0 Å². The Balaban J connectivity index is 2.04. The molecule has 0 aromatic heterocycles. The molecule has 0 heterocycles. The monoisotopic (exact) mass is 278 g/mol. The van der Waals surface area contributed by atoms with Crippen LogP contribution in [0.4, 0.5) is 10.1 Å². The van der Waals surface area contributed by atoms with Crippen LogP contribution in [0.15, 0.2) is 18.2 Å². The van der Waals surface area contributed by atoms with Crippen molar-refractivity contribution in [1.82, 2.24) is 5.32 Å². The van der Waals surface area contributed by atoms with E-state index < -0.39 is 0 Å². The van der Waals surface area contributed by atoms with Crippen LogP contribution in [-0.4, -0.2) is 18.5 Å². The number of carbonyl (C=O) groups is 1. The topological polar surface area (TPSA) is 41.1 Å². The van der Waals surface area contributed by atoms with Gasteiger partial charge in [-0.05, 0) is 37.3 Å². The minimum absolute atomic E-state index is 0.174. The Hall–Kier alpha value is -1.58. The van der Waals surface area contributed by atoms with Gasteiger partial charge in [-0.25, -0.2) is 4.39 Å². The Morgan fingerprint density at radius 2 is 2.15 bits per heavy atom. The van der Waals surface area contributed by atoms with Gasteiger partial charge >= 0.3 is 0 Å². The summed E-state index contributed by atoms with van der Waals surface area (Å²) >= 11 is 0. The fraction of sp³-hybridized carbons (Fsp3) is 0.562. The van der Waals surface area contributed by atoms with Crippen LogP contribution in [0.2, 0.25) is 0 Å². The predicted octanol–water partition coefficient (Wildman–Crippen LogP) is 3.57. The van der Waals surface area contributed by atoms with Crippen LogP contribution in [0.5, 0.6) is 0 Å². The van der Waals surface area contributed by atoms with Crippen LogP contribution in [0.25, 0.3) is 0 Å². The molecule has 110 valence electrons. The molecular formula is C16H23FN2O. The Morgan fingerprint density at radius 1 is 1.35 bits per heavy atom. The van der Waals surface area contributed by atoms with Crippen molar-refractivity contribution in [2.24, 2.45) is 5.92 Å². The molecular weight excluding hydrogens is 255 g/mol. The van der Waals surface area contributed by atoms with Crippen LogP contribution in [0, 0.1) is 11.7 Å². The third-order valence-electron chi connectivity index (χ3n) is 3.71. The maximum atomic E-state index is 13.8. The average molecular weight is 278 g/mol. The molecule has 1 aromatic rings. The molecule has 3 nitrogen and oxygen atoms in total. The number of para-hydroxylation sites is 1. The molecule has 1 saturated carbocycles. The summed E-state index contributed by atoms with van der Waals surface area (Å²) in [4.78, 5) is 12.3. The van der Waals surface area contributed by atoms with Crippen molar-refractivity contribution in [3.63, 3.8) is 0 Å². The molecule has 2 atom stereocenters. The normalized spacial score (nSPS) is 20.6. The van der Waals surface area contributed by atoms with E-state index in [0.29, 0.717) is 23.7 Å². The number of amides is 1. The maximum Gasteiger partial charge on any atom is 0.253 e. The molecule has 0 saturated heterocycles. The number of halogens is 1. The summed E-state index contributed by atoms with van der Waals surface area (Å²) in [6.07, 6.45) is 4.22. The van der Waals surface area contributed by atoms with Crippen molar-refractivity contribution in [3.05, 3.63) is 29.6 Å². The van der Waals surface area contributed by atoms with Crippen molar-refractivity contribution < 1.29 is 9.18 Å². The highest BCUT2D eigenvalue weighted by Crippen LogP contribution is 2.35. The number of nitrogens with one attached hydrogen (secondary N) is 2. The van der Waals surface area contributed by atoms with Crippen LogP contribution in [0.1, 0.15) is 49.9 Å². The molecule has 0 spiro atoms. The summed E-state index contributed by atoms with van der Waals surface area (Å²) in [5.74, 6) is 0.0586. The van der Waals surface area contributed by atoms with E-state index in [4.69, 9.17) is 0 Å².